The van der Waals surface area contributed by atoms with Crippen molar-refractivity contribution in [2.24, 2.45) is 0 Å². The maximum absolute atomic E-state index is 12.6. The molecule has 0 fully saturated rings. The van der Waals surface area contributed by atoms with Crippen LogP contribution in [-0.4, -0.2) is 37.5 Å². The van der Waals surface area contributed by atoms with Gasteiger partial charge >= 0.3 is 0 Å². The minimum atomic E-state index is -3.60. The zero-order valence-electron chi connectivity index (χ0n) is 15.0. The van der Waals surface area contributed by atoms with Crippen molar-refractivity contribution >= 4 is 33.2 Å². The first-order valence-corrected chi connectivity index (χ1v) is 10.4. The lowest BCUT2D eigenvalue weighted by molar-refractivity contribution is -0.118. The second-order valence-corrected chi connectivity index (χ2v) is 8.38. The van der Waals surface area contributed by atoms with Crippen LogP contribution in [0.15, 0.2) is 47.5 Å². The molecule has 0 aliphatic carbocycles. The Hall–Kier alpha value is -2.74. The molecule has 0 unspecified atom stereocenters. The summed E-state index contributed by atoms with van der Waals surface area (Å²) >= 11 is 0. The van der Waals surface area contributed by atoms with Crippen molar-refractivity contribution in [3.63, 3.8) is 0 Å². The lowest BCUT2D eigenvalue weighted by Crippen LogP contribution is -2.27. The Morgan fingerprint density at radius 2 is 2.04 bits per heavy atom. The Bertz CT molecular complexity index is 958. The van der Waals surface area contributed by atoms with E-state index in [0.717, 1.165) is 11.3 Å². The first-order chi connectivity index (χ1) is 12.9. The number of sulfone groups is 1. The Labute approximate surface area is 158 Å². The van der Waals surface area contributed by atoms with Crippen molar-refractivity contribution in [1.82, 2.24) is 4.98 Å². The third kappa shape index (κ3) is 4.33. The SMILES string of the molecule is CCC(=O)N1CCc2cc(S(=O)(=O)CCC(=O)Nc3ccccn3)ccc21. The highest BCUT2D eigenvalue weighted by atomic mass is 32.2. The molecule has 2 heterocycles. The van der Waals surface area contributed by atoms with Gasteiger partial charge in [0.15, 0.2) is 9.84 Å². The number of nitrogens with zero attached hydrogens (tertiary/aromatic N) is 2. The number of pyridine rings is 1. The minimum absolute atomic E-state index is 0.0237. The van der Waals surface area contributed by atoms with Crippen LogP contribution in [0.25, 0.3) is 0 Å². The van der Waals surface area contributed by atoms with Gasteiger partial charge in [-0.1, -0.05) is 13.0 Å². The van der Waals surface area contributed by atoms with E-state index in [1.165, 1.54) is 6.07 Å². The molecular formula is C19H21N3O4S. The summed E-state index contributed by atoms with van der Waals surface area (Å²) in [5.74, 6) is -0.283. The molecule has 1 aliphatic heterocycles. The van der Waals surface area contributed by atoms with Gasteiger partial charge in [-0.3, -0.25) is 9.59 Å². The summed E-state index contributed by atoms with van der Waals surface area (Å²) in [6.07, 6.45) is 2.43. The number of hydrogen-bond acceptors (Lipinski definition) is 5. The summed E-state index contributed by atoms with van der Waals surface area (Å²) in [7, 11) is -3.60. The maximum atomic E-state index is 12.6. The van der Waals surface area contributed by atoms with Crippen LogP contribution in [0, 0.1) is 0 Å². The maximum Gasteiger partial charge on any atom is 0.226 e. The van der Waals surface area contributed by atoms with Gasteiger partial charge in [0.25, 0.3) is 0 Å². The Morgan fingerprint density at radius 3 is 2.74 bits per heavy atom. The number of anilines is 2. The average molecular weight is 387 g/mol. The molecule has 0 saturated carbocycles. The third-order valence-corrected chi connectivity index (χ3v) is 6.15. The van der Waals surface area contributed by atoms with Crippen LogP contribution in [0.2, 0.25) is 0 Å². The number of aromatic nitrogens is 1. The van der Waals surface area contributed by atoms with E-state index < -0.39 is 15.7 Å². The van der Waals surface area contributed by atoms with Crippen LogP contribution in [0.3, 0.4) is 0 Å². The summed E-state index contributed by atoms with van der Waals surface area (Å²) in [6, 6.07) is 9.89. The molecule has 2 aromatic rings. The number of hydrogen-bond donors (Lipinski definition) is 1. The molecule has 142 valence electrons. The highest BCUT2D eigenvalue weighted by molar-refractivity contribution is 7.91. The fraction of sp³-hybridized carbons (Fsp3) is 0.316. The Balaban J connectivity index is 1.67. The van der Waals surface area contributed by atoms with E-state index in [9.17, 15) is 18.0 Å². The Kier molecular flexibility index (Phi) is 5.55. The molecule has 0 spiro atoms. The van der Waals surface area contributed by atoms with Crippen LogP contribution in [0.5, 0.6) is 0 Å². The van der Waals surface area contributed by atoms with Gasteiger partial charge in [0.2, 0.25) is 11.8 Å². The van der Waals surface area contributed by atoms with Crippen molar-refractivity contribution in [3.05, 3.63) is 48.2 Å². The Morgan fingerprint density at radius 1 is 1.22 bits per heavy atom. The number of benzene rings is 1. The predicted molar refractivity (Wildman–Crippen MR) is 102 cm³/mol. The van der Waals surface area contributed by atoms with Gasteiger partial charge in [0.1, 0.15) is 5.82 Å². The van der Waals surface area contributed by atoms with Gasteiger partial charge in [-0.05, 0) is 42.3 Å². The van der Waals surface area contributed by atoms with Crippen molar-refractivity contribution in [1.29, 1.82) is 0 Å². The minimum Gasteiger partial charge on any atom is -0.312 e. The molecule has 0 saturated heterocycles. The van der Waals surface area contributed by atoms with E-state index in [4.69, 9.17) is 0 Å². The number of rotatable bonds is 6. The van der Waals surface area contributed by atoms with Gasteiger partial charge in [0.05, 0.1) is 10.6 Å². The van der Waals surface area contributed by atoms with E-state index >= 15 is 0 Å². The van der Waals surface area contributed by atoms with Crippen LogP contribution in [-0.2, 0) is 25.8 Å². The molecule has 1 aromatic heterocycles. The summed E-state index contributed by atoms with van der Waals surface area (Å²) < 4.78 is 25.2. The lowest BCUT2D eigenvalue weighted by Gasteiger charge is -2.16. The predicted octanol–water partition coefficient (Wildman–Crippen LogP) is 2.18. The number of carbonyl (C=O) groups is 2. The zero-order chi connectivity index (χ0) is 19.4. The molecule has 0 atom stereocenters. The largest absolute Gasteiger partial charge is 0.312 e. The monoisotopic (exact) mass is 387 g/mol. The van der Waals surface area contributed by atoms with E-state index in [2.05, 4.69) is 10.3 Å². The molecule has 3 rings (SSSR count). The number of carbonyl (C=O) groups excluding carboxylic acids is 2. The van der Waals surface area contributed by atoms with E-state index in [0.29, 0.717) is 25.2 Å². The molecule has 0 bridgehead atoms. The van der Waals surface area contributed by atoms with Gasteiger partial charge in [-0.25, -0.2) is 13.4 Å². The topological polar surface area (TPSA) is 96.4 Å². The summed E-state index contributed by atoms with van der Waals surface area (Å²) in [5, 5.41) is 2.57. The smallest absolute Gasteiger partial charge is 0.226 e. The van der Waals surface area contributed by atoms with Gasteiger partial charge in [-0.2, -0.15) is 0 Å². The second kappa shape index (κ2) is 7.87. The molecule has 7 nitrogen and oxygen atoms in total. The van der Waals surface area contributed by atoms with Crippen LogP contribution >= 0.6 is 0 Å². The van der Waals surface area contributed by atoms with Crippen molar-refractivity contribution < 1.29 is 18.0 Å². The van der Waals surface area contributed by atoms with Crippen LogP contribution in [0.1, 0.15) is 25.3 Å². The van der Waals surface area contributed by atoms with Crippen LogP contribution < -0.4 is 10.2 Å². The van der Waals surface area contributed by atoms with E-state index in [1.807, 2.05) is 0 Å². The van der Waals surface area contributed by atoms with Gasteiger partial charge in [-0.15, -0.1) is 0 Å². The lowest BCUT2D eigenvalue weighted by atomic mass is 10.2. The standard InChI is InChI=1S/C19H21N3O4S/c1-2-19(24)22-11-8-14-13-15(6-7-16(14)22)27(25,26)12-9-18(23)21-17-5-3-4-10-20-17/h3-7,10,13H,2,8-9,11-12H2,1H3,(H,20,21,23). The quantitative estimate of drug-likeness (QED) is 0.819. The molecule has 1 N–H and O–H groups in total. The molecular weight excluding hydrogens is 366 g/mol. The van der Waals surface area contributed by atoms with E-state index in [-0.39, 0.29) is 23.0 Å². The average Bonchev–Trinajstić information content (AvgIpc) is 3.10. The molecule has 8 heteroatoms. The van der Waals surface area contributed by atoms with E-state index in [1.54, 1.807) is 48.4 Å². The highest BCUT2D eigenvalue weighted by Gasteiger charge is 2.26. The fourth-order valence-electron chi connectivity index (χ4n) is 3.01. The molecule has 1 aromatic carbocycles. The number of nitrogens with one attached hydrogen (secondary N) is 1. The summed E-state index contributed by atoms with van der Waals surface area (Å²) in [4.78, 5) is 29.8. The van der Waals surface area contributed by atoms with Crippen LogP contribution in [0.4, 0.5) is 11.5 Å². The zero-order valence-corrected chi connectivity index (χ0v) is 15.8. The van der Waals surface area contributed by atoms with Gasteiger partial charge in [0, 0.05) is 31.3 Å². The van der Waals surface area contributed by atoms with Crippen molar-refractivity contribution in [2.75, 3.05) is 22.5 Å². The molecule has 0 radical (unpaired) electrons. The first-order valence-electron chi connectivity index (χ1n) is 8.77. The second-order valence-electron chi connectivity index (χ2n) is 6.27. The fourth-order valence-corrected chi connectivity index (χ4v) is 4.30. The molecule has 1 aliphatic rings. The molecule has 2 amide bonds. The summed E-state index contributed by atoms with van der Waals surface area (Å²) in [5.41, 5.74) is 1.62. The molecule has 27 heavy (non-hydrogen) atoms. The normalized spacial score (nSPS) is 13.3. The third-order valence-electron chi connectivity index (χ3n) is 4.44. The van der Waals surface area contributed by atoms with Crippen molar-refractivity contribution in [3.8, 4) is 0 Å². The van der Waals surface area contributed by atoms with Crippen molar-refractivity contribution in [2.45, 2.75) is 31.1 Å². The first kappa shape index (κ1) is 19.0. The van der Waals surface area contributed by atoms with Gasteiger partial charge < -0.3 is 10.2 Å². The highest BCUT2D eigenvalue weighted by Crippen LogP contribution is 2.31. The number of fused-ring (bicyclic) bond motifs is 1. The number of amides is 2. The summed E-state index contributed by atoms with van der Waals surface area (Å²) in [6.45, 7) is 2.37.